The number of ketones is 1. The van der Waals surface area contributed by atoms with Gasteiger partial charge < -0.3 is 5.11 Å². The van der Waals surface area contributed by atoms with Gasteiger partial charge in [-0.25, -0.2) is 4.79 Å². The van der Waals surface area contributed by atoms with Crippen molar-refractivity contribution in [2.45, 2.75) is 6.92 Å². The van der Waals surface area contributed by atoms with Crippen LogP contribution in [0.4, 0.5) is 0 Å². The van der Waals surface area contributed by atoms with Crippen molar-refractivity contribution in [3.05, 3.63) is 62.9 Å². The Labute approximate surface area is 125 Å². The molecule has 2 rings (SSSR count). The zero-order chi connectivity index (χ0) is 15.4. The van der Waals surface area contributed by atoms with Crippen LogP contribution in [0.2, 0.25) is 0 Å². The molecule has 0 unspecified atom stereocenters. The Bertz CT molecular complexity index is 764. The Morgan fingerprint density at radius 3 is 2.38 bits per heavy atom. The van der Waals surface area contributed by atoms with E-state index in [0.717, 1.165) is 5.56 Å². The predicted octanol–water partition coefficient (Wildman–Crippen LogP) is 3.54. The highest BCUT2D eigenvalue weighted by Gasteiger charge is 2.15. The molecule has 0 fully saturated rings. The molecule has 0 amide bonds. The first kappa shape index (κ1) is 14.7. The molecule has 4 nitrogen and oxygen atoms in total. The van der Waals surface area contributed by atoms with E-state index in [9.17, 15) is 9.59 Å². The van der Waals surface area contributed by atoms with Crippen LogP contribution in [0.1, 0.15) is 31.2 Å². The fourth-order valence-electron chi connectivity index (χ4n) is 1.76. The Balaban J connectivity index is 2.33. The van der Waals surface area contributed by atoms with Gasteiger partial charge in [-0.05, 0) is 47.7 Å². The Kier molecular flexibility index (Phi) is 4.31. The molecule has 1 N–H and O–H groups in total. The van der Waals surface area contributed by atoms with Gasteiger partial charge in [0.2, 0.25) is 5.78 Å². The molecule has 2 aromatic rings. The molecule has 0 aliphatic carbocycles. The van der Waals surface area contributed by atoms with Gasteiger partial charge in [-0.15, -0.1) is 11.3 Å². The van der Waals surface area contributed by atoms with Gasteiger partial charge in [-0.2, -0.15) is 5.26 Å². The van der Waals surface area contributed by atoms with Crippen molar-refractivity contribution in [1.82, 2.24) is 0 Å². The van der Waals surface area contributed by atoms with Crippen LogP contribution in [0.25, 0.3) is 6.08 Å². The van der Waals surface area contributed by atoms with Gasteiger partial charge in [0.05, 0.1) is 10.4 Å². The minimum Gasteiger partial charge on any atom is -0.478 e. The molecule has 0 atom stereocenters. The first-order chi connectivity index (χ1) is 10.0. The number of hydrogen-bond donors (Lipinski definition) is 1. The number of aryl methyl sites for hydroxylation is 1. The summed E-state index contributed by atoms with van der Waals surface area (Å²) in [6, 6.07) is 9.73. The largest absolute Gasteiger partial charge is 0.478 e. The van der Waals surface area contributed by atoms with Crippen LogP contribution in [0.5, 0.6) is 0 Å². The Morgan fingerprint density at radius 1 is 1.24 bits per heavy atom. The SMILES string of the molecule is Cc1ccsc1C(=O)/C(C#N)=C/c1ccc(C(=O)O)cc1. The van der Waals surface area contributed by atoms with E-state index in [1.54, 1.807) is 17.5 Å². The number of nitrogens with zero attached hydrogens (tertiary/aromatic N) is 1. The van der Waals surface area contributed by atoms with Crippen molar-refractivity contribution in [3.8, 4) is 6.07 Å². The number of hydrogen-bond acceptors (Lipinski definition) is 4. The third-order valence-corrected chi connectivity index (χ3v) is 3.92. The molecule has 104 valence electrons. The molecule has 1 heterocycles. The predicted molar refractivity (Wildman–Crippen MR) is 80.4 cm³/mol. The van der Waals surface area contributed by atoms with Crippen molar-refractivity contribution in [1.29, 1.82) is 5.26 Å². The first-order valence-corrected chi connectivity index (χ1v) is 6.95. The van der Waals surface area contributed by atoms with E-state index in [1.165, 1.54) is 29.5 Å². The number of carboxylic acids is 1. The maximum Gasteiger partial charge on any atom is 0.335 e. The number of carbonyl (C=O) groups is 2. The molecular weight excluding hydrogens is 286 g/mol. The Morgan fingerprint density at radius 2 is 1.90 bits per heavy atom. The van der Waals surface area contributed by atoms with E-state index in [2.05, 4.69) is 0 Å². The molecule has 5 heteroatoms. The number of nitriles is 1. The molecule has 0 aliphatic rings. The molecule has 21 heavy (non-hydrogen) atoms. The van der Waals surface area contributed by atoms with Crippen molar-refractivity contribution >= 4 is 29.2 Å². The minimum atomic E-state index is -1.02. The lowest BCUT2D eigenvalue weighted by atomic mass is 10.0. The summed E-state index contributed by atoms with van der Waals surface area (Å²) in [5.74, 6) is -1.33. The van der Waals surface area contributed by atoms with Crippen LogP contribution in [0.15, 0.2) is 41.3 Å². The molecular formula is C16H11NO3S. The molecule has 0 radical (unpaired) electrons. The number of carboxylic acid groups (broad SMARTS) is 1. The highest BCUT2D eigenvalue weighted by molar-refractivity contribution is 7.12. The summed E-state index contributed by atoms with van der Waals surface area (Å²) in [5.41, 5.74) is 1.64. The molecule has 0 saturated carbocycles. The zero-order valence-corrected chi connectivity index (χ0v) is 12.0. The summed E-state index contributed by atoms with van der Waals surface area (Å²) < 4.78 is 0. The van der Waals surface area contributed by atoms with Gasteiger partial charge in [0.15, 0.2) is 0 Å². The average Bonchev–Trinajstić information content (AvgIpc) is 2.90. The number of allylic oxidation sites excluding steroid dienone is 1. The maximum atomic E-state index is 12.3. The topological polar surface area (TPSA) is 78.2 Å². The summed E-state index contributed by atoms with van der Waals surface area (Å²) in [6.45, 7) is 1.82. The number of rotatable bonds is 4. The lowest BCUT2D eigenvalue weighted by Crippen LogP contribution is -2.01. The smallest absolute Gasteiger partial charge is 0.335 e. The molecule has 0 spiro atoms. The number of aromatic carboxylic acids is 1. The van der Waals surface area contributed by atoms with Crippen molar-refractivity contribution < 1.29 is 14.7 Å². The van der Waals surface area contributed by atoms with Crippen molar-refractivity contribution in [3.63, 3.8) is 0 Å². The minimum absolute atomic E-state index is 0.0311. The van der Waals surface area contributed by atoms with Gasteiger partial charge in [0.25, 0.3) is 0 Å². The van der Waals surface area contributed by atoms with Crippen LogP contribution in [0.3, 0.4) is 0 Å². The van der Waals surface area contributed by atoms with Gasteiger partial charge in [-0.3, -0.25) is 4.79 Å². The standard InChI is InChI=1S/C16H11NO3S/c1-10-6-7-21-15(10)14(18)13(9-17)8-11-2-4-12(5-3-11)16(19)20/h2-8H,1H3,(H,19,20)/b13-8+. The van der Waals surface area contributed by atoms with Crippen LogP contribution in [-0.4, -0.2) is 16.9 Å². The zero-order valence-electron chi connectivity index (χ0n) is 11.2. The second-order valence-electron chi connectivity index (χ2n) is 4.36. The van der Waals surface area contributed by atoms with Crippen LogP contribution < -0.4 is 0 Å². The van der Waals surface area contributed by atoms with Gasteiger partial charge in [0, 0.05) is 0 Å². The molecule has 1 aromatic heterocycles. The molecule has 0 aliphatic heterocycles. The number of thiophene rings is 1. The average molecular weight is 297 g/mol. The highest BCUT2D eigenvalue weighted by Crippen LogP contribution is 2.21. The number of benzene rings is 1. The highest BCUT2D eigenvalue weighted by atomic mass is 32.1. The third kappa shape index (κ3) is 3.25. The lowest BCUT2D eigenvalue weighted by Gasteiger charge is -1.99. The van der Waals surface area contributed by atoms with E-state index in [0.29, 0.717) is 10.4 Å². The van der Waals surface area contributed by atoms with E-state index in [4.69, 9.17) is 10.4 Å². The van der Waals surface area contributed by atoms with Gasteiger partial charge in [-0.1, -0.05) is 12.1 Å². The second-order valence-corrected chi connectivity index (χ2v) is 5.27. The molecule has 0 saturated heterocycles. The lowest BCUT2D eigenvalue weighted by molar-refractivity contribution is 0.0696. The second kappa shape index (κ2) is 6.16. The monoisotopic (exact) mass is 297 g/mol. The third-order valence-electron chi connectivity index (χ3n) is 2.90. The summed E-state index contributed by atoms with van der Waals surface area (Å²) in [6.07, 6.45) is 1.47. The van der Waals surface area contributed by atoms with E-state index in [1.807, 2.05) is 19.1 Å². The normalized spacial score (nSPS) is 11.0. The summed E-state index contributed by atoms with van der Waals surface area (Å²) in [7, 11) is 0. The maximum absolute atomic E-state index is 12.3. The molecule has 0 bridgehead atoms. The van der Waals surface area contributed by atoms with E-state index >= 15 is 0 Å². The van der Waals surface area contributed by atoms with Crippen LogP contribution in [-0.2, 0) is 0 Å². The first-order valence-electron chi connectivity index (χ1n) is 6.07. The van der Waals surface area contributed by atoms with Crippen molar-refractivity contribution in [2.75, 3.05) is 0 Å². The quantitative estimate of drug-likeness (QED) is 0.532. The fraction of sp³-hybridized carbons (Fsp3) is 0.0625. The number of carbonyl (C=O) groups excluding carboxylic acids is 1. The fourth-order valence-corrected chi connectivity index (χ4v) is 2.64. The Hall–Kier alpha value is -2.71. The van der Waals surface area contributed by atoms with Crippen molar-refractivity contribution in [2.24, 2.45) is 0 Å². The summed E-state index contributed by atoms with van der Waals surface area (Å²) in [5, 5.41) is 19.8. The van der Waals surface area contributed by atoms with E-state index in [-0.39, 0.29) is 16.9 Å². The van der Waals surface area contributed by atoms with Gasteiger partial charge in [0.1, 0.15) is 11.6 Å². The summed E-state index contributed by atoms with van der Waals surface area (Å²) in [4.78, 5) is 23.6. The van der Waals surface area contributed by atoms with Crippen LogP contribution >= 0.6 is 11.3 Å². The number of Topliss-reactive ketones (excluding diaryl/α,β-unsaturated/α-hetero) is 1. The molecule has 1 aromatic carbocycles. The van der Waals surface area contributed by atoms with Crippen LogP contribution in [0, 0.1) is 18.3 Å². The van der Waals surface area contributed by atoms with Gasteiger partial charge >= 0.3 is 5.97 Å². The van der Waals surface area contributed by atoms with E-state index < -0.39 is 5.97 Å². The summed E-state index contributed by atoms with van der Waals surface area (Å²) >= 11 is 1.30.